The molecule has 17 heavy (non-hydrogen) atoms. The highest BCUT2D eigenvalue weighted by Gasteiger charge is 2.14. The molecule has 1 atom stereocenters. The summed E-state index contributed by atoms with van der Waals surface area (Å²) >= 11 is 17.1. The van der Waals surface area contributed by atoms with Gasteiger partial charge in [0.15, 0.2) is 0 Å². The second-order valence-electron chi connectivity index (χ2n) is 3.39. The Labute approximate surface area is 115 Å². The highest BCUT2D eigenvalue weighted by atomic mass is 35.5. The number of halogens is 3. The van der Waals surface area contributed by atoms with E-state index in [4.69, 9.17) is 34.8 Å². The number of ether oxygens (including phenoxy) is 1. The van der Waals surface area contributed by atoms with Crippen molar-refractivity contribution in [2.75, 3.05) is 7.11 Å². The molecule has 1 aromatic rings. The van der Waals surface area contributed by atoms with E-state index in [1.54, 1.807) is 18.2 Å². The van der Waals surface area contributed by atoms with Crippen LogP contribution < -0.4 is 0 Å². The Morgan fingerprint density at radius 1 is 1.35 bits per heavy atom. The Kier molecular flexibility index (Phi) is 5.83. The third-order valence-corrected chi connectivity index (χ3v) is 2.74. The van der Waals surface area contributed by atoms with E-state index in [0.717, 1.165) is 5.56 Å². The molecular formula is C12H11Cl3O2. The molecule has 0 bridgehead atoms. The van der Waals surface area contributed by atoms with Gasteiger partial charge in [-0.25, -0.2) is 0 Å². The van der Waals surface area contributed by atoms with Crippen LogP contribution >= 0.6 is 34.8 Å². The first-order chi connectivity index (χ1) is 8.02. The summed E-state index contributed by atoms with van der Waals surface area (Å²) in [6.45, 7) is 0. The number of benzene rings is 1. The quantitative estimate of drug-likeness (QED) is 0.773. The lowest BCUT2D eigenvalue weighted by molar-refractivity contribution is -0.140. The van der Waals surface area contributed by atoms with Crippen LogP contribution in [0.25, 0.3) is 0 Å². The van der Waals surface area contributed by atoms with Gasteiger partial charge in [-0.2, -0.15) is 0 Å². The number of rotatable bonds is 4. The molecule has 0 saturated heterocycles. The Morgan fingerprint density at radius 3 is 2.41 bits per heavy atom. The summed E-state index contributed by atoms with van der Waals surface area (Å²) in [4.78, 5) is 11.3. The smallest absolute Gasteiger partial charge is 0.306 e. The average molecular weight is 294 g/mol. The van der Waals surface area contributed by atoms with Gasteiger partial charge in [0.05, 0.1) is 13.5 Å². The van der Waals surface area contributed by atoms with Crippen LogP contribution in [0.4, 0.5) is 0 Å². The number of carbonyl (C=O) groups excluding carboxylic acids is 1. The zero-order valence-electron chi connectivity index (χ0n) is 9.12. The second-order valence-corrected chi connectivity index (χ2v) is 4.84. The first kappa shape index (κ1) is 14.4. The van der Waals surface area contributed by atoms with E-state index in [2.05, 4.69) is 4.74 Å². The Bertz CT molecular complexity index is 408. The molecule has 0 aromatic heterocycles. The van der Waals surface area contributed by atoms with Gasteiger partial charge < -0.3 is 4.74 Å². The summed E-state index contributed by atoms with van der Waals surface area (Å²) < 4.78 is 4.75. The van der Waals surface area contributed by atoms with Crippen molar-refractivity contribution in [3.05, 3.63) is 45.4 Å². The van der Waals surface area contributed by atoms with Crippen LogP contribution in [0.5, 0.6) is 0 Å². The van der Waals surface area contributed by atoms with Crippen molar-refractivity contribution >= 4 is 40.8 Å². The maximum Gasteiger partial charge on any atom is 0.306 e. The van der Waals surface area contributed by atoms with Crippen molar-refractivity contribution < 1.29 is 9.53 Å². The van der Waals surface area contributed by atoms with Gasteiger partial charge in [-0.1, -0.05) is 46.9 Å². The van der Waals surface area contributed by atoms with Crippen molar-refractivity contribution in [2.45, 2.75) is 12.3 Å². The standard InChI is InChI=1S/C12H11Cl3O2/c1-17-12(16)7-9(6-11(14)15)8-2-4-10(13)5-3-8/h2-6,9H,7H2,1H3. The molecule has 0 aliphatic carbocycles. The van der Waals surface area contributed by atoms with Crippen molar-refractivity contribution in [1.82, 2.24) is 0 Å². The summed E-state index contributed by atoms with van der Waals surface area (Å²) in [5, 5.41) is 0.631. The van der Waals surface area contributed by atoms with Gasteiger partial charge in [-0.3, -0.25) is 4.79 Å². The SMILES string of the molecule is COC(=O)CC(C=C(Cl)Cl)c1ccc(Cl)cc1. The van der Waals surface area contributed by atoms with E-state index in [0.29, 0.717) is 5.02 Å². The van der Waals surface area contributed by atoms with Crippen LogP contribution in [0.15, 0.2) is 34.8 Å². The minimum Gasteiger partial charge on any atom is -0.469 e. The molecule has 0 radical (unpaired) electrons. The third kappa shape index (κ3) is 4.99. The molecule has 0 fully saturated rings. The Hall–Kier alpha value is -0.700. The molecule has 0 aliphatic heterocycles. The van der Waals surface area contributed by atoms with Gasteiger partial charge in [-0.15, -0.1) is 0 Å². The molecule has 0 N–H and O–H groups in total. The molecule has 1 unspecified atom stereocenters. The summed E-state index contributed by atoms with van der Waals surface area (Å²) in [6, 6.07) is 7.14. The van der Waals surface area contributed by atoms with Gasteiger partial charge in [0.2, 0.25) is 0 Å². The van der Waals surface area contributed by atoms with E-state index >= 15 is 0 Å². The molecule has 1 aromatic carbocycles. The van der Waals surface area contributed by atoms with Gasteiger partial charge in [0.1, 0.15) is 4.49 Å². The summed E-state index contributed by atoms with van der Waals surface area (Å²) in [5.74, 6) is -0.541. The first-order valence-corrected chi connectivity index (χ1v) is 6.01. The topological polar surface area (TPSA) is 26.3 Å². The Morgan fingerprint density at radius 2 is 1.94 bits per heavy atom. The van der Waals surface area contributed by atoms with Crippen LogP contribution in [0, 0.1) is 0 Å². The van der Waals surface area contributed by atoms with Crippen LogP contribution in [0.1, 0.15) is 17.9 Å². The fourth-order valence-corrected chi connectivity index (χ4v) is 1.83. The van der Waals surface area contributed by atoms with Crippen LogP contribution in [-0.4, -0.2) is 13.1 Å². The Balaban J connectivity index is 2.93. The maximum atomic E-state index is 11.3. The molecular weight excluding hydrogens is 282 g/mol. The molecule has 5 heteroatoms. The largest absolute Gasteiger partial charge is 0.469 e. The monoisotopic (exact) mass is 292 g/mol. The molecule has 0 spiro atoms. The lowest BCUT2D eigenvalue weighted by atomic mass is 9.96. The van der Waals surface area contributed by atoms with E-state index in [-0.39, 0.29) is 22.8 Å². The van der Waals surface area contributed by atoms with E-state index in [9.17, 15) is 4.79 Å². The summed E-state index contributed by atoms with van der Waals surface area (Å²) in [7, 11) is 1.34. The summed E-state index contributed by atoms with van der Waals surface area (Å²) in [5.41, 5.74) is 0.901. The third-order valence-electron chi connectivity index (χ3n) is 2.24. The zero-order valence-corrected chi connectivity index (χ0v) is 11.4. The first-order valence-electron chi connectivity index (χ1n) is 4.88. The average Bonchev–Trinajstić information content (AvgIpc) is 2.28. The van der Waals surface area contributed by atoms with Crippen molar-refractivity contribution in [2.24, 2.45) is 0 Å². The number of esters is 1. The van der Waals surface area contributed by atoms with E-state index in [1.807, 2.05) is 12.1 Å². The molecule has 92 valence electrons. The van der Waals surface area contributed by atoms with Crippen molar-refractivity contribution in [1.29, 1.82) is 0 Å². The van der Waals surface area contributed by atoms with Gasteiger partial charge in [0.25, 0.3) is 0 Å². The normalized spacial score (nSPS) is 11.8. The van der Waals surface area contributed by atoms with Gasteiger partial charge >= 0.3 is 5.97 Å². The van der Waals surface area contributed by atoms with Gasteiger partial charge in [0, 0.05) is 10.9 Å². The molecule has 1 rings (SSSR count). The van der Waals surface area contributed by atoms with Gasteiger partial charge in [-0.05, 0) is 23.8 Å². The predicted octanol–water partition coefficient (Wildman–Crippen LogP) is 4.31. The molecule has 0 amide bonds. The maximum absolute atomic E-state index is 11.3. The van der Waals surface area contributed by atoms with E-state index in [1.165, 1.54) is 7.11 Å². The van der Waals surface area contributed by atoms with Crippen molar-refractivity contribution in [3.8, 4) is 0 Å². The molecule has 0 heterocycles. The number of hydrogen-bond donors (Lipinski definition) is 0. The minimum absolute atomic E-state index is 0.119. The molecule has 0 aliphatic rings. The number of hydrogen-bond acceptors (Lipinski definition) is 2. The highest BCUT2D eigenvalue weighted by molar-refractivity contribution is 6.55. The number of carbonyl (C=O) groups is 1. The minimum atomic E-state index is -0.323. The lowest BCUT2D eigenvalue weighted by Gasteiger charge is -2.12. The van der Waals surface area contributed by atoms with Crippen molar-refractivity contribution in [3.63, 3.8) is 0 Å². The van der Waals surface area contributed by atoms with Crippen LogP contribution in [0.3, 0.4) is 0 Å². The number of allylic oxidation sites excluding steroid dienone is 1. The number of methoxy groups -OCH3 is 1. The predicted molar refractivity (Wildman–Crippen MR) is 70.6 cm³/mol. The fraction of sp³-hybridized carbons (Fsp3) is 0.250. The molecule has 0 saturated carbocycles. The lowest BCUT2D eigenvalue weighted by Crippen LogP contribution is -2.07. The second kappa shape index (κ2) is 6.90. The highest BCUT2D eigenvalue weighted by Crippen LogP contribution is 2.26. The fourth-order valence-electron chi connectivity index (χ4n) is 1.40. The zero-order chi connectivity index (χ0) is 12.8. The summed E-state index contributed by atoms with van der Waals surface area (Å²) in [6.07, 6.45) is 1.78. The molecule has 2 nitrogen and oxygen atoms in total. The van der Waals surface area contributed by atoms with E-state index < -0.39 is 0 Å². The van der Waals surface area contributed by atoms with Crippen LogP contribution in [-0.2, 0) is 9.53 Å². The van der Waals surface area contributed by atoms with Crippen LogP contribution in [0.2, 0.25) is 5.02 Å².